The van der Waals surface area contributed by atoms with Crippen LogP contribution in [0.25, 0.3) is 0 Å². The van der Waals surface area contributed by atoms with Crippen molar-refractivity contribution in [3.05, 3.63) is 34.4 Å². The number of hydrogen-bond acceptors (Lipinski definition) is 5. The first kappa shape index (κ1) is 15.4. The summed E-state index contributed by atoms with van der Waals surface area (Å²) in [5.74, 6) is -1.32. The molecule has 1 aromatic rings. The van der Waals surface area contributed by atoms with E-state index in [1.165, 1.54) is 14.0 Å². The van der Waals surface area contributed by atoms with Crippen molar-refractivity contribution in [2.45, 2.75) is 33.5 Å². The van der Waals surface area contributed by atoms with Gasteiger partial charge >= 0.3 is 5.97 Å². The number of cyclic esters (lactones) is 1. The van der Waals surface area contributed by atoms with Gasteiger partial charge in [-0.05, 0) is 32.9 Å². The lowest BCUT2D eigenvalue weighted by Crippen LogP contribution is -2.20. The Balaban J connectivity index is 2.50. The van der Waals surface area contributed by atoms with Gasteiger partial charge < -0.3 is 19.3 Å². The zero-order valence-electron chi connectivity index (χ0n) is 12.9. The third-order valence-electron chi connectivity index (χ3n) is 3.41. The summed E-state index contributed by atoms with van der Waals surface area (Å²) < 4.78 is 16.0. The van der Waals surface area contributed by atoms with E-state index in [4.69, 9.17) is 14.2 Å². The molecule has 1 aromatic carbocycles. The summed E-state index contributed by atoms with van der Waals surface area (Å²) in [5, 5.41) is 10.2. The maximum absolute atomic E-state index is 11.9. The Kier molecular flexibility index (Phi) is 3.96. The molecular weight excluding hydrogens is 272 g/mol. The molecular formula is C16H20O5. The number of hydrogen-bond donors (Lipinski definition) is 1. The van der Waals surface area contributed by atoms with E-state index in [0.29, 0.717) is 29.2 Å². The van der Waals surface area contributed by atoms with Gasteiger partial charge in [0.1, 0.15) is 23.7 Å². The Morgan fingerprint density at radius 2 is 2.14 bits per heavy atom. The molecule has 1 unspecified atom stereocenters. The van der Waals surface area contributed by atoms with Gasteiger partial charge in [0, 0.05) is 18.1 Å². The highest BCUT2D eigenvalue weighted by Crippen LogP contribution is 2.44. The number of ether oxygens (including phenoxy) is 3. The second-order valence-electron chi connectivity index (χ2n) is 5.42. The number of carbonyl (C=O) groups is 1. The number of fused-ring (bicyclic) bond motifs is 1. The van der Waals surface area contributed by atoms with Crippen LogP contribution in [0.2, 0.25) is 0 Å². The van der Waals surface area contributed by atoms with E-state index in [9.17, 15) is 9.90 Å². The summed E-state index contributed by atoms with van der Waals surface area (Å²) in [6, 6.07) is 1.64. The van der Waals surface area contributed by atoms with Crippen molar-refractivity contribution >= 4 is 5.97 Å². The molecule has 21 heavy (non-hydrogen) atoms. The van der Waals surface area contributed by atoms with Gasteiger partial charge in [0.2, 0.25) is 5.79 Å². The lowest BCUT2D eigenvalue weighted by Gasteiger charge is -2.18. The van der Waals surface area contributed by atoms with Crippen LogP contribution in [-0.2, 0) is 10.5 Å². The second-order valence-corrected chi connectivity index (χ2v) is 5.42. The first-order chi connectivity index (χ1) is 9.77. The Hall–Kier alpha value is -2.01. The van der Waals surface area contributed by atoms with Crippen LogP contribution in [-0.4, -0.2) is 24.8 Å². The molecule has 0 aliphatic carbocycles. The van der Waals surface area contributed by atoms with Crippen LogP contribution in [0.3, 0.4) is 0 Å². The monoisotopic (exact) mass is 292 g/mol. The van der Waals surface area contributed by atoms with Gasteiger partial charge in [-0.15, -0.1) is 0 Å². The van der Waals surface area contributed by atoms with Crippen LogP contribution in [0, 0.1) is 6.92 Å². The van der Waals surface area contributed by atoms with E-state index >= 15 is 0 Å². The van der Waals surface area contributed by atoms with Crippen LogP contribution in [0.5, 0.6) is 11.5 Å². The second kappa shape index (κ2) is 5.41. The van der Waals surface area contributed by atoms with Gasteiger partial charge in [0.15, 0.2) is 0 Å². The van der Waals surface area contributed by atoms with Gasteiger partial charge in [0.25, 0.3) is 0 Å². The Labute approximate surface area is 124 Å². The van der Waals surface area contributed by atoms with Gasteiger partial charge in [-0.2, -0.15) is 0 Å². The summed E-state index contributed by atoms with van der Waals surface area (Å²) in [7, 11) is 1.48. The molecule has 0 amide bonds. The predicted molar refractivity (Wildman–Crippen MR) is 77.6 cm³/mol. The minimum Gasteiger partial charge on any atom is -0.495 e. The van der Waals surface area contributed by atoms with E-state index in [2.05, 4.69) is 0 Å². The molecule has 1 N–H and O–H groups in total. The summed E-state index contributed by atoms with van der Waals surface area (Å²) in [6.07, 6.45) is 1.94. The van der Waals surface area contributed by atoms with Crippen molar-refractivity contribution in [3.8, 4) is 11.5 Å². The Morgan fingerprint density at radius 1 is 1.48 bits per heavy atom. The SMILES string of the molecule is COc1c(C)c(OCC=C(C)C)cc2c1C(=O)OC2(C)O. The molecule has 0 fully saturated rings. The lowest BCUT2D eigenvalue weighted by atomic mass is 9.98. The molecule has 0 saturated heterocycles. The van der Waals surface area contributed by atoms with E-state index in [-0.39, 0.29) is 5.56 Å². The first-order valence-corrected chi connectivity index (χ1v) is 6.72. The fourth-order valence-corrected chi connectivity index (χ4v) is 2.29. The van der Waals surface area contributed by atoms with Crippen LogP contribution in [0.15, 0.2) is 17.7 Å². The zero-order valence-corrected chi connectivity index (χ0v) is 12.9. The van der Waals surface area contributed by atoms with Gasteiger partial charge in [-0.25, -0.2) is 4.79 Å². The van der Waals surface area contributed by atoms with E-state index < -0.39 is 11.8 Å². The van der Waals surface area contributed by atoms with E-state index in [1.54, 1.807) is 13.0 Å². The number of carbonyl (C=O) groups excluding carboxylic acids is 1. The Bertz CT molecular complexity index is 610. The molecule has 0 spiro atoms. The molecule has 1 atom stereocenters. The van der Waals surface area contributed by atoms with Crippen molar-refractivity contribution in [2.24, 2.45) is 0 Å². The number of aliphatic hydroxyl groups is 1. The topological polar surface area (TPSA) is 65.0 Å². The number of allylic oxidation sites excluding steroid dienone is 1. The quantitative estimate of drug-likeness (QED) is 0.682. The maximum Gasteiger partial charge on any atom is 0.345 e. The van der Waals surface area contributed by atoms with Crippen molar-refractivity contribution in [3.63, 3.8) is 0 Å². The van der Waals surface area contributed by atoms with Crippen LogP contribution in [0.1, 0.15) is 42.3 Å². The molecule has 1 heterocycles. The highest BCUT2D eigenvalue weighted by molar-refractivity contribution is 5.98. The number of esters is 1. The normalized spacial score (nSPS) is 19.8. The molecule has 0 bridgehead atoms. The molecule has 114 valence electrons. The highest BCUT2D eigenvalue weighted by Gasteiger charge is 2.43. The average Bonchev–Trinajstić information content (AvgIpc) is 2.60. The highest BCUT2D eigenvalue weighted by atomic mass is 16.7. The zero-order chi connectivity index (χ0) is 15.8. The molecule has 0 aromatic heterocycles. The van der Waals surface area contributed by atoms with Crippen LogP contribution < -0.4 is 9.47 Å². The minimum atomic E-state index is -1.66. The molecule has 1 aliphatic heterocycles. The fourth-order valence-electron chi connectivity index (χ4n) is 2.29. The number of benzene rings is 1. The number of rotatable bonds is 4. The fraction of sp³-hybridized carbons (Fsp3) is 0.438. The summed E-state index contributed by atoms with van der Waals surface area (Å²) >= 11 is 0. The minimum absolute atomic E-state index is 0.259. The maximum atomic E-state index is 11.9. The predicted octanol–water partition coefficient (Wildman–Crippen LogP) is 2.68. The molecule has 2 rings (SSSR count). The van der Waals surface area contributed by atoms with Crippen molar-refractivity contribution < 1.29 is 24.1 Å². The summed E-state index contributed by atoms with van der Waals surface area (Å²) in [6.45, 7) is 7.60. The van der Waals surface area contributed by atoms with E-state index in [0.717, 1.165) is 5.57 Å². The third kappa shape index (κ3) is 2.74. The van der Waals surface area contributed by atoms with Crippen LogP contribution in [0.4, 0.5) is 0 Å². The van der Waals surface area contributed by atoms with Crippen molar-refractivity contribution in [1.29, 1.82) is 0 Å². The van der Waals surface area contributed by atoms with Crippen molar-refractivity contribution in [2.75, 3.05) is 13.7 Å². The van der Waals surface area contributed by atoms with Crippen LogP contribution >= 0.6 is 0 Å². The molecule has 5 nitrogen and oxygen atoms in total. The van der Waals surface area contributed by atoms with Crippen molar-refractivity contribution in [1.82, 2.24) is 0 Å². The van der Waals surface area contributed by atoms with Gasteiger partial charge in [0.05, 0.1) is 7.11 Å². The Morgan fingerprint density at radius 3 is 2.71 bits per heavy atom. The van der Waals surface area contributed by atoms with Gasteiger partial charge in [-0.3, -0.25) is 0 Å². The summed E-state index contributed by atoms with van der Waals surface area (Å²) in [5.41, 5.74) is 2.47. The lowest BCUT2D eigenvalue weighted by molar-refractivity contribution is -0.147. The largest absolute Gasteiger partial charge is 0.495 e. The average molecular weight is 292 g/mol. The van der Waals surface area contributed by atoms with Gasteiger partial charge in [-0.1, -0.05) is 5.57 Å². The molecule has 1 aliphatic rings. The first-order valence-electron chi connectivity index (χ1n) is 6.72. The smallest absolute Gasteiger partial charge is 0.345 e. The summed E-state index contributed by atoms with van der Waals surface area (Å²) in [4.78, 5) is 11.9. The third-order valence-corrected chi connectivity index (χ3v) is 3.41. The van der Waals surface area contributed by atoms with E-state index in [1.807, 2.05) is 19.9 Å². The molecule has 0 radical (unpaired) electrons. The number of methoxy groups -OCH3 is 1. The molecule has 0 saturated carbocycles. The standard InChI is InChI=1S/C16H20O5/c1-9(2)6-7-20-12-8-11-13(14(19-5)10(12)3)15(17)21-16(11,4)18/h6,8,18H,7H2,1-5H3. The molecule has 5 heteroatoms.